The van der Waals surface area contributed by atoms with Gasteiger partial charge in [0.25, 0.3) is 10.0 Å². The molecule has 1 saturated carbocycles. The molecule has 1 aliphatic carbocycles. The second-order valence-corrected chi connectivity index (χ2v) is 5.53. The molecule has 1 aromatic heterocycles. The lowest BCUT2D eigenvalue weighted by molar-refractivity contribution is 0.390. The first-order chi connectivity index (χ1) is 6.58. The molecule has 0 saturated heterocycles. The number of rotatable bonds is 3. The first kappa shape index (κ1) is 9.95. The average Bonchev–Trinajstić information content (AvgIpc) is 2.52. The summed E-state index contributed by atoms with van der Waals surface area (Å²) in [6, 6.07) is -0.0485. The summed E-state index contributed by atoms with van der Waals surface area (Å²) >= 11 is 5.74. The number of imidazole rings is 1. The summed E-state index contributed by atoms with van der Waals surface area (Å²) in [6.45, 7) is 0. The second kappa shape index (κ2) is 3.52. The summed E-state index contributed by atoms with van der Waals surface area (Å²) in [7, 11) is -3.48. The Morgan fingerprint density at radius 3 is 2.79 bits per heavy atom. The van der Waals surface area contributed by atoms with E-state index in [1.54, 1.807) is 0 Å². The molecule has 5 nitrogen and oxygen atoms in total. The number of H-pyrrole nitrogens is 1. The maximum absolute atomic E-state index is 11.6. The van der Waals surface area contributed by atoms with Crippen molar-refractivity contribution < 1.29 is 8.42 Å². The highest BCUT2D eigenvalue weighted by molar-refractivity contribution is 7.89. The molecule has 7 heteroatoms. The average molecular weight is 236 g/mol. The van der Waals surface area contributed by atoms with Crippen molar-refractivity contribution in [2.45, 2.75) is 29.4 Å². The highest BCUT2D eigenvalue weighted by atomic mass is 35.5. The standard InChI is InChI=1S/C7H10ClN3O2S/c8-5-3-6(4-5)11-14(12,13)7-9-1-2-10-7/h1-2,5-6,11H,3-4H2,(H,9,10). The minimum Gasteiger partial charge on any atom is -0.334 e. The number of nitrogens with zero attached hydrogens (tertiary/aromatic N) is 1. The molecule has 1 aliphatic rings. The van der Waals surface area contributed by atoms with Crippen LogP contribution in [0.25, 0.3) is 0 Å². The monoisotopic (exact) mass is 235 g/mol. The van der Waals surface area contributed by atoms with Crippen LogP contribution in [0.3, 0.4) is 0 Å². The van der Waals surface area contributed by atoms with Gasteiger partial charge in [-0.1, -0.05) is 0 Å². The number of hydrogen-bond acceptors (Lipinski definition) is 3. The normalized spacial score (nSPS) is 27.2. The van der Waals surface area contributed by atoms with E-state index in [4.69, 9.17) is 11.6 Å². The van der Waals surface area contributed by atoms with E-state index >= 15 is 0 Å². The van der Waals surface area contributed by atoms with Crippen molar-refractivity contribution in [1.29, 1.82) is 0 Å². The molecule has 78 valence electrons. The molecule has 0 atom stereocenters. The molecule has 1 heterocycles. The third-order valence-electron chi connectivity index (χ3n) is 2.13. The predicted molar refractivity (Wildman–Crippen MR) is 51.6 cm³/mol. The Balaban J connectivity index is 2.04. The molecule has 2 rings (SSSR count). The number of nitrogens with one attached hydrogen (secondary N) is 2. The van der Waals surface area contributed by atoms with Crippen LogP contribution in [0.4, 0.5) is 0 Å². The fraction of sp³-hybridized carbons (Fsp3) is 0.571. The van der Waals surface area contributed by atoms with Gasteiger partial charge in [0.05, 0.1) is 0 Å². The molecule has 2 N–H and O–H groups in total. The highest BCUT2D eigenvalue weighted by Gasteiger charge is 2.32. The molecule has 0 amide bonds. The van der Waals surface area contributed by atoms with Gasteiger partial charge in [-0.2, -0.15) is 0 Å². The number of aromatic amines is 1. The van der Waals surface area contributed by atoms with Crippen molar-refractivity contribution in [1.82, 2.24) is 14.7 Å². The van der Waals surface area contributed by atoms with Gasteiger partial charge < -0.3 is 4.98 Å². The SMILES string of the molecule is O=S(=O)(NC1CC(Cl)C1)c1ncc[nH]1. The van der Waals surface area contributed by atoms with Crippen LogP contribution in [0.15, 0.2) is 17.6 Å². The number of sulfonamides is 1. The molecular formula is C7H10ClN3O2S. The van der Waals surface area contributed by atoms with Gasteiger partial charge in [0.15, 0.2) is 0 Å². The summed E-state index contributed by atoms with van der Waals surface area (Å²) in [5.74, 6) is 0. The topological polar surface area (TPSA) is 74.8 Å². The Labute approximate surface area is 86.9 Å². The number of hydrogen-bond donors (Lipinski definition) is 2. The van der Waals surface area contributed by atoms with Gasteiger partial charge in [-0.15, -0.1) is 11.6 Å². The smallest absolute Gasteiger partial charge is 0.274 e. The molecular weight excluding hydrogens is 226 g/mol. The first-order valence-electron chi connectivity index (χ1n) is 4.24. The molecule has 0 bridgehead atoms. The van der Waals surface area contributed by atoms with E-state index in [1.807, 2.05) is 0 Å². The zero-order chi connectivity index (χ0) is 10.2. The summed E-state index contributed by atoms with van der Waals surface area (Å²) in [5.41, 5.74) is 0. The second-order valence-electron chi connectivity index (χ2n) is 3.28. The Morgan fingerprint density at radius 2 is 2.29 bits per heavy atom. The van der Waals surface area contributed by atoms with E-state index in [-0.39, 0.29) is 16.6 Å². The number of aromatic nitrogens is 2. The van der Waals surface area contributed by atoms with Crippen molar-refractivity contribution in [3.63, 3.8) is 0 Å². The van der Waals surface area contributed by atoms with Crippen molar-refractivity contribution in [2.75, 3.05) is 0 Å². The van der Waals surface area contributed by atoms with Crippen LogP contribution in [0.5, 0.6) is 0 Å². The van der Waals surface area contributed by atoms with Crippen LogP contribution >= 0.6 is 11.6 Å². The Bertz CT molecular complexity index is 397. The van der Waals surface area contributed by atoms with E-state index in [2.05, 4.69) is 14.7 Å². The Morgan fingerprint density at radius 1 is 1.57 bits per heavy atom. The van der Waals surface area contributed by atoms with Gasteiger partial charge in [-0.05, 0) is 12.8 Å². The van der Waals surface area contributed by atoms with Crippen LogP contribution in [-0.4, -0.2) is 29.8 Å². The number of alkyl halides is 1. The van der Waals surface area contributed by atoms with Crippen LogP contribution in [-0.2, 0) is 10.0 Å². The zero-order valence-electron chi connectivity index (χ0n) is 7.27. The summed E-state index contributed by atoms with van der Waals surface area (Å²) in [5, 5.41) is 0.0508. The summed E-state index contributed by atoms with van der Waals surface area (Å²) in [4.78, 5) is 6.23. The quantitative estimate of drug-likeness (QED) is 0.748. The number of halogens is 1. The van der Waals surface area contributed by atoms with Gasteiger partial charge in [0.2, 0.25) is 5.16 Å². The predicted octanol–water partition coefficient (Wildman–Crippen LogP) is 0.458. The molecule has 1 aromatic rings. The van der Waals surface area contributed by atoms with Gasteiger partial charge in [-0.3, -0.25) is 0 Å². The van der Waals surface area contributed by atoms with Crippen molar-refractivity contribution in [3.05, 3.63) is 12.4 Å². The minimum atomic E-state index is -3.48. The van der Waals surface area contributed by atoms with Crippen molar-refractivity contribution in [2.24, 2.45) is 0 Å². The third-order valence-corrected chi connectivity index (χ3v) is 3.86. The molecule has 0 unspecified atom stereocenters. The first-order valence-corrected chi connectivity index (χ1v) is 6.15. The molecule has 14 heavy (non-hydrogen) atoms. The lowest BCUT2D eigenvalue weighted by Gasteiger charge is -2.30. The van der Waals surface area contributed by atoms with E-state index < -0.39 is 10.0 Å². The summed E-state index contributed by atoms with van der Waals surface area (Å²) < 4.78 is 25.6. The van der Waals surface area contributed by atoms with Gasteiger partial charge in [0, 0.05) is 23.8 Å². The van der Waals surface area contributed by atoms with Gasteiger partial charge >= 0.3 is 0 Å². The highest BCUT2D eigenvalue weighted by Crippen LogP contribution is 2.26. The van der Waals surface area contributed by atoms with Gasteiger partial charge in [0.1, 0.15) is 0 Å². The zero-order valence-corrected chi connectivity index (χ0v) is 8.85. The summed E-state index contributed by atoms with van der Waals surface area (Å²) in [6.07, 6.45) is 4.24. The molecule has 0 radical (unpaired) electrons. The largest absolute Gasteiger partial charge is 0.334 e. The molecule has 0 aromatic carbocycles. The maximum Gasteiger partial charge on any atom is 0.274 e. The van der Waals surface area contributed by atoms with E-state index in [0.29, 0.717) is 12.8 Å². The van der Waals surface area contributed by atoms with Gasteiger partial charge in [-0.25, -0.2) is 18.1 Å². The fourth-order valence-electron chi connectivity index (χ4n) is 1.32. The third kappa shape index (κ3) is 1.92. The van der Waals surface area contributed by atoms with E-state index in [9.17, 15) is 8.42 Å². The van der Waals surface area contributed by atoms with Crippen molar-refractivity contribution >= 4 is 21.6 Å². The Hall–Kier alpha value is -0.590. The molecule has 1 fully saturated rings. The Kier molecular flexibility index (Phi) is 2.50. The lowest BCUT2D eigenvalue weighted by atomic mass is 9.94. The maximum atomic E-state index is 11.6. The van der Waals surface area contributed by atoms with Crippen LogP contribution in [0, 0.1) is 0 Å². The van der Waals surface area contributed by atoms with Crippen LogP contribution < -0.4 is 4.72 Å². The van der Waals surface area contributed by atoms with E-state index in [0.717, 1.165) is 0 Å². The van der Waals surface area contributed by atoms with E-state index in [1.165, 1.54) is 12.4 Å². The molecule has 0 spiro atoms. The van der Waals surface area contributed by atoms with Crippen molar-refractivity contribution in [3.8, 4) is 0 Å². The van der Waals surface area contributed by atoms with Crippen LogP contribution in [0.2, 0.25) is 0 Å². The minimum absolute atomic E-state index is 0.0458. The van der Waals surface area contributed by atoms with Crippen LogP contribution in [0.1, 0.15) is 12.8 Å². The molecule has 0 aliphatic heterocycles. The lowest BCUT2D eigenvalue weighted by Crippen LogP contribution is -2.45. The fourth-order valence-corrected chi connectivity index (χ4v) is 2.91.